The molecule has 1 spiro atoms. The number of benzene rings is 3. The number of carbonyl (C=O) groups excluding carboxylic acids is 3. The highest BCUT2D eigenvalue weighted by molar-refractivity contribution is 6.11. The molecule has 1 unspecified atom stereocenters. The van der Waals surface area contributed by atoms with E-state index < -0.39 is 11.6 Å². The molecule has 0 radical (unpaired) electrons. The van der Waals surface area contributed by atoms with E-state index in [2.05, 4.69) is 5.32 Å². The maximum atomic E-state index is 13.5. The first-order chi connectivity index (χ1) is 16.0. The quantitative estimate of drug-likeness (QED) is 0.613. The van der Waals surface area contributed by atoms with Crippen molar-refractivity contribution in [3.05, 3.63) is 101 Å². The summed E-state index contributed by atoms with van der Waals surface area (Å²) in [5.74, 6) is -0.661. The Morgan fingerprint density at radius 1 is 1.00 bits per heavy atom. The molecule has 5 rings (SSSR count). The molecule has 1 aliphatic heterocycles. The van der Waals surface area contributed by atoms with Gasteiger partial charge in [-0.2, -0.15) is 0 Å². The lowest BCUT2D eigenvalue weighted by molar-refractivity contribution is -0.134. The SMILES string of the molecule is Cc1cccc(N(Cc2ccccc2)C(=O)CN2C(=O)NC3(CCc4ccccc43)C2=O)c1. The molecule has 6 heteroatoms. The molecule has 1 fully saturated rings. The predicted octanol–water partition coefficient (Wildman–Crippen LogP) is 3.92. The number of hydrogen-bond donors (Lipinski definition) is 1. The van der Waals surface area contributed by atoms with E-state index in [9.17, 15) is 14.4 Å². The first kappa shape index (κ1) is 20.9. The fraction of sp³-hybridized carbons (Fsp3) is 0.222. The molecule has 0 aromatic heterocycles. The number of hydrogen-bond acceptors (Lipinski definition) is 3. The lowest BCUT2D eigenvalue weighted by atomic mass is 9.92. The topological polar surface area (TPSA) is 69.7 Å². The van der Waals surface area contributed by atoms with Crippen LogP contribution in [0.15, 0.2) is 78.9 Å². The van der Waals surface area contributed by atoms with E-state index in [0.717, 1.165) is 32.8 Å². The average Bonchev–Trinajstić information content (AvgIpc) is 3.31. The summed E-state index contributed by atoms with van der Waals surface area (Å²) in [7, 11) is 0. The van der Waals surface area contributed by atoms with Crippen LogP contribution in [-0.2, 0) is 28.1 Å². The summed E-state index contributed by atoms with van der Waals surface area (Å²) < 4.78 is 0. The van der Waals surface area contributed by atoms with Crippen LogP contribution >= 0.6 is 0 Å². The maximum absolute atomic E-state index is 13.5. The summed E-state index contributed by atoms with van der Waals surface area (Å²) in [6.07, 6.45) is 1.22. The average molecular weight is 440 g/mol. The molecular formula is C27H25N3O3. The molecule has 0 bridgehead atoms. The highest BCUT2D eigenvalue weighted by atomic mass is 16.2. The first-order valence-electron chi connectivity index (χ1n) is 11.1. The molecular weight excluding hydrogens is 414 g/mol. The van der Waals surface area contributed by atoms with Gasteiger partial charge in [-0.3, -0.25) is 14.5 Å². The minimum Gasteiger partial charge on any atom is -0.319 e. The zero-order valence-electron chi connectivity index (χ0n) is 18.5. The summed E-state index contributed by atoms with van der Waals surface area (Å²) >= 11 is 0. The number of nitrogens with zero attached hydrogens (tertiary/aromatic N) is 2. The van der Waals surface area contributed by atoms with Crippen molar-refractivity contribution in [3.63, 3.8) is 0 Å². The number of carbonyl (C=O) groups is 3. The smallest absolute Gasteiger partial charge is 0.319 e. The van der Waals surface area contributed by atoms with Gasteiger partial charge in [-0.05, 0) is 54.2 Å². The van der Waals surface area contributed by atoms with Crippen LogP contribution in [0.1, 0.15) is 28.7 Å². The van der Waals surface area contributed by atoms with Crippen molar-refractivity contribution < 1.29 is 14.4 Å². The van der Waals surface area contributed by atoms with Crippen molar-refractivity contribution in [1.29, 1.82) is 0 Å². The fourth-order valence-corrected chi connectivity index (χ4v) is 4.84. The Bertz CT molecular complexity index is 1240. The molecule has 1 heterocycles. The molecule has 0 saturated carbocycles. The van der Waals surface area contributed by atoms with E-state index in [0.29, 0.717) is 19.4 Å². The summed E-state index contributed by atoms with van der Waals surface area (Å²) in [6, 6.07) is 24.5. The second-order valence-electron chi connectivity index (χ2n) is 8.69. The Labute approximate surface area is 192 Å². The van der Waals surface area contributed by atoms with E-state index in [-0.39, 0.29) is 18.4 Å². The number of anilines is 1. The van der Waals surface area contributed by atoms with E-state index in [4.69, 9.17) is 0 Å². The number of amides is 4. The van der Waals surface area contributed by atoms with Gasteiger partial charge in [0.05, 0.1) is 6.54 Å². The number of urea groups is 1. The lowest BCUT2D eigenvalue weighted by Crippen LogP contribution is -2.45. The van der Waals surface area contributed by atoms with Gasteiger partial charge < -0.3 is 10.2 Å². The van der Waals surface area contributed by atoms with Crippen molar-refractivity contribution in [1.82, 2.24) is 10.2 Å². The number of aryl methyl sites for hydroxylation is 2. The van der Waals surface area contributed by atoms with Gasteiger partial charge in [0.1, 0.15) is 12.1 Å². The van der Waals surface area contributed by atoms with Gasteiger partial charge in [-0.15, -0.1) is 0 Å². The Balaban J connectivity index is 1.43. The molecule has 3 aromatic carbocycles. The van der Waals surface area contributed by atoms with Crippen molar-refractivity contribution >= 4 is 23.5 Å². The predicted molar refractivity (Wildman–Crippen MR) is 125 cm³/mol. The number of fused-ring (bicyclic) bond motifs is 2. The number of imide groups is 1. The van der Waals surface area contributed by atoms with Crippen LogP contribution in [0.25, 0.3) is 0 Å². The third kappa shape index (κ3) is 3.67. The minimum atomic E-state index is -1.07. The summed E-state index contributed by atoms with van der Waals surface area (Å²) in [6.45, 7) is 2.00. The lowest BCUT2D eigenvalue weighted by Gasteiger charge is -2.26. The molecule has 1 aliphatic carbocycles. The Hall–Kier alpha value is -3.93. The van der Waals surface area contributed by atoms with Crippen LogP contribution in [-0.4, -0.2) is 29.3 Å². The van der Waals surface area contributed by atoms with Crippen molar-refractivity contribution in [2.24, 2.45) is 0 Å². The molecule has 1 atom stereocenters. The molecule has 3 aromatic rings. The van der Waals surface area contributed by atoms with Crippen molar-refractivity contribution in [2.45, 2.75) is 31.8 Å². The van der Waals surface area contributed by atoms with Gasteiger partial charge in [0.2, 0.25) is 5.91 Å². The molecule has 6 nitrogen and oxygen atoms in total. The van der Waals surface area contributed by atoms with E-state index in [1.54, 1.807) is 4.90 Å². The monoisotopic (exact) mass is 439 g/mol. The van der Waals surface area contributed by atoms with Crippen LogP contribution in [0.5, 0.6) is 0 Å². The van der Waals surface area contributed by atoms with E-state index >= 15 is 0 Å². The summed E-state index contributed by atoms with van der Waals surface area (Å²) in [5, 5.41) is 2.89. The molecule has 33 heavy (non-hydrogen) atoms. The van der Waals surface area contributed by atoms with Crippen LogP contribution in [0, 0.1) is 6.92 Å². The largest absolute Gasteiger partial charge is 0.325 e. The third-order valence-electron chi connectivity index (χ3n) is 6.51. The third-order valence-corrected chi connectivity index (χ3v) is 6.51. The van der Waals surface area contributed by atoms with Crippen LogP contribution in [0.3, 0.4) is 0 Å². The molecule has 2 aliphatic rings. The minimum absolute atomic E-state index is 0.309. The van der Waals surface area contributed by atoms with Gasteiger partial charge in [-0.1, -0.05) is 66.7 Å². The number of nitrogens with one attached hydrogen (secondary N) is 1. The normalized spacial score (nSPS) is 19.0. The second-order valence-corrected chi connectivity index (χ2v) is 8.69. The number of rotatable bonds is 5. The second kappa shape index (κ2) is 8.20. The molecule has 1 N–H and O–H groups in total. The van der Waals surface area contributed by atoms with Gasteiger partial charge in [0, 0.05) is 5.69 Å². The zero-order chi connectivity index (χ0) is 23.0. The Kier molecular flexibility index (Phi) is 5.21. The highest BCUT2D eigenvalue weighted by Crippen LogP contribution is 2.41. The van der Waals surface area contributed by atoms with E-state index in [1.165, 1.54) is 0 Å². The van der Waals surface area contributed by atoms with Gasteiger partial charge in [0.25, 0.3) is 5.91 Å². The fourth-order valence-electron chi connectivity index (χ4n) is 4.84. The Morgan fingerprint density at radius 2 is 1.76 bits per heavy atom. The summed E-state index contributed by atoms with van der Waals surface area (Å²) in [4.78, 5) is 42.6. The maximum Gasteiger partial charge on any atom is 0.325 e. The van der Waals surface area contributed by atoms with E-state index in [1.807, 2.05) is 85.8 Å². The highest BCUT2D eigenvalue weighted by Gasteiger charge is 2.55. The van der Waals surface area contributed by atoms with Crippen molar-refractivity contribution in [3.8, 4) is 0 Å². The van der Waals surface area contributed by atoms with Crippen LogP contribution in [0.4, 0.5) is 10.5 Å². The first-order valence-corrected chi connectivity index (χ1v) is 11.1. The van der Waals surface area contributed by atoms with Crippen molar-refractivity contribution in [2.75, 3.05) is 11.4 Å². The summed E-state index contributed by atoms with van der Waals surface area (Å²) in [5.41, 5.74) is 3.54. The van der Waals surface area contributed by atoms with Crippen LogP contribution in [0.2, 0.25) is 0 Å². The van der Waals surface area contributed by atoms with Crippen LogP contribution < -0.4 is 10.2 Å². The molecule has 4 amide bonds. The molecule has 166 valence electrons. The zero-order valence-corrected chi connectivity index (χ0v) is 18.5. The standard InChI is InChI=1S/C27H25N3O3/c1-19-8-7-12-22(16-19)29(17-20-9-3-2-4-10-20)24(31)18-30-25(32)27(28-26(30)33)15-14-21-11-5-6-13-23(21)27/h2-13,16H,14-15,17-18H2,1H3,(H,28,33). The molecule has 1 saturated heterocycles. The Morgan fingerprint density at radius 3 is 2.55 bits per heavy atom. The van der Waals surface area contributed by atoms with Gasteiger partial charge >= 0.3 is 6.03 Å². The van der Waals surface area contributed by atoms with Gasteiger partial charge in [-0.25, -0.2) is 4.79 Å². The van der Waals surface area contributed by atoms with Gasteiger partial charge in [0.15, 0.2) is 0 Å².